The summed E-state index contributed by atoms with van der Waals surface area (Å²) >= 11 is 0. The van der Waals surface area contributed by atoms with Crippen LogP contribution in [-0.4, -0.2) is 56.1 Å². The number of rotatable bonds is 1. The Morgan fingerprint density at radius 2 is 1.43 bits per heavy atom. The summed E-state index contributed by atoms with van der Waals surface area (Å²) in [4.78, 5) is 9.51. The van der Waals surface area contributed by atoms with Gasteiger partial charge in [-0.05, 0) is 0 Å². The zero-order chi connectivity index (χ0) is 5.21. The molecule has 6 heteroatoms. The maximum absolute atomic E-state index is 9.51. The number of hydrogen-bond acceptors (Lipinski definition) is 2. The van der Waals surface area contributed by atoms with Crippen LogP contribution >= 0.6 is 27.7 Å². The normalized spacial score (nSPS) is 9.57. The molecule has 7 heavy (non-hydrogen) atoms. The van der Waals surface area contributed by atoms with E-state index in [4.69, 9.17) is 0 Å². The van der Waals surface area contributed by atoms with Crippen LogP contribution in [0.4, 0.5) is 0 Å². The summed E-state index contributed by atoms with van der Waals surface area (Å²) in [6, 6.07) is 0. The predicted molar refractivity (Wildman–Crippen MR) is 44.8 cm³/mol. The molecule has 0 amide bonds. The van der Waals surface area contributed by atoms with Crippen LogP contribution in [0, 0.1) is 4.91 Å². The summed E-state index contributed by atoms with van der Waals surface area (Å²) in [7, 11) is 6.72. The van der Waals surface area contributed by atoms with Crippen molar-refractivity contribution in [2.45, 2.75) is 4.76 Å². The molecule has 2 nitrogen and oxygen atoms in total. The molecule has 0 aromatic rings. The molecule has 0 aliphatic rings. The summed E-state index contributed by atoms with van der Waals surface area (Å²) < 4.78 is -0.639. The van der Waals surface area contributed by atoms with E-state index in [1.54, 1.807) is 0 Å². The third-order valence-electron chi connectivity index (χ3n) is 0.158. The molecule has 0 aliphatic carbocycles. The van der Waals surface area contributed by atoms with Gasteiger partial charge < -0.3 is 0 Å². The van der Waals surface area contributed by atoms with Crippen molar-refractivity contribution >= 4 is 79.1 Å². The van der Waals surface area contributed by atoms with Gasteiger partial charge in [-0.3, -0.25) is 0 Å². The average Bonchev–Trinajstić information content (AvgIpc) is 1.35. The van der Waals surface area contributed by atoms with Crippen molar-refractivity contribution in [3.8, 4) is 0 Å². The molecule has 0 aromatic heterocycles. The number of nitrogens with zero attached hydrogens (tertiary/aromatic N) is 1. The molecule has 3 unspecified atom stereocenters. The zero-order valence-corrected chi connectivity index (χ0v) is 6.55. The molecule has 0 aliphatic heterocycles. The standard InChI is InChI=1S/CH6NOP3.K.H/c3-2-1(4,5)6;;/h4-6H2;;. The van der Waals surface area contributed by atoms with Crippen molar-refractivity contribution in [3.05, 3.63) is 4.91 Å². The number of hydrogen-bond donors (Lipinski definition) is 0. The van der Waals surface area contributed by atoms with Gasteiger partial charge in [-0.1, -0.05) is 32.9 Å². The van der Waals surface area contributed by atoms with E-state index in [2.05, 4.69) is 32.9 Å². The van der Waals surface area contributed by atoms with Crippen molar-refractivity contribution in [3.63, 3.8) is 0 Å². The van der Waals surface area contributed by atoms with Gasteiger partial charge in [-0.25, -0.2) is 0 Å². The van der Waals surface area contributed by atoms with Crippen LogP contribution in [0.5, 0.6) is 0 Å². The van der Waals surface area contributed by atoms with Gasteiger partial charge >= 0.3 is 51.4 Å². The van der Waals surface area contributed by atoms with Gasteiger partial charge in [0.15, 0.2) is 0 Å². The van der Waals surface area contributed by atoms with E-state index in [-0.39, 0.29) is 51.4 Å². The topological polar surface area (TPSA) is 29.4 Å². The Morgan fingerprint density at radius 1 is 1.29 bits per heavy atom. The molecule has 0 bridgehead atoms. The maximum atomic E-state index is 9.51. The summed E-state index contributed by atoms with van der Waals surface area (Å²) in [5, 5.41) is 2.66. The molecule has 0 radical (unpaired) electrons. The first-order valence-corrected chi connectivity index (χ1v) is 3.00. The van der Waals surface area contributed by atoms with Crippen LogP contribution in [0.2, 0.25) is 0 Å². The first kappa shape index (κ1) is 12.2. The van der Waals surface area contributed by atoms with Crippen molar-refractivity contribution in [1.82, 2.24) is 0 Å². The Bertz CT molecular complexity index is 60.4. The summed E-state index contributed by atoms with van der Waals surface area (Å²) in [6.07, 6.45) is 0. The Morgan fingerprint density at radius 3 is 1.43 bits per heavy atom. The third kappa shape index (κ3) is 11.9. The molecule has 0 aromatic carbocycles. The molecule has 0 rings (SSSR count). The Kier molecular flexibility index (Phi) is 9.30. The molecule has 0 fully saturated rings. The predicted octanol–water partition coefficient (Wildman–Crippen LogP) is 0.341. The molecule has 3 atom stereocenters. The minimum absolute atomic E-state index is 0. The SMILES string of the molecule is O=NC(P)(P)P.[KH]. The minimum atomic E-state index is -0.639. The zero-order valence-electron chi connectivity index (χ0n) is 3.09. The molecule has 0 saturated carbocycles. The Balaban J connectivity index is 0. The fraction of sp³-hybridized carbons (Fsp3) is 1.00. The van der Waals surface area contributed by atoms with Crippen LogP contribution < -0.4 is 0 Å². The molecule has 0 N–H and O–H groups in total. The van der Waals surface area contributed by atoms with Crippen molar-refractivity contribution < 1.29 is 0 Å². The molecule has 38 valence electrons. The van der Waals surface area contributed by atoms with Gasteiger partial charge in [0.25, 0.3) is 0 Å². The molecular formula is CH7KNOP3. The fourth-order valence-corrected chi connectivity index (χ4v) is 0. The van der Waals surface area contributed by atoms with Crippen LogP contribution in [-0.2, 0) is 0 Å². The summed E-state index contributed by atoms with van der Waals surface area (Å²) in [6.45, 7) is 0. The van der Waals surface area contributed by atoms with Gasteiger partial charge in [-0.15, -0.1) is 4.91 Å². The van der Waals surface area contributed by atoms with Gasteiger partial charge in [-0.2, -0.15) is 0 Å². The van der Waals surface area contributed by atoms with Crippen LogP contribution in [0.15, 0.2) is 5.18 Å². The van der Waals surface area contributed by atoms with Crippen LogP contribution in [0.3, 0.4) is 0 Å². The first-order valence-electron chi connectivity index (χ1n) is 1.27. The monoisotopic (exact) mass is 181 g/mol. The van der Waals surface area contributed by atoms with E-state index in [1.807, 2.05) is 0 Å². The Labute approximate surface area is 92.3 Å². The van der Waals surface area contributed by atoms with Gasteiger partial charge in [0.1, 0.15) is 4.76 Å². The summed E-state index contributed by atoms with van der Waals surface area (Å²) in [5.41, 5.74) is 0. The van der Waals surface area contributed by atoms with Crippen LogP contribution in [0.25, 0.3) is 0 Å². The molecular weight excluding hydrogens is 174 g/mol. The summed E-state index contributed by atoms with van der Waals surface area (Å²) in [5.74, 6) is 0. The van der Waals surface area contributed by atoms with Gasteiger partial charge in [0, 0.05) is 0 Å². The van der Waals surface area contributed by atoms with E-state index < -0.39 is 4.76 Å². The average molecular weight is 181 g/mol. The van der Waals surface area contributed by atoms with E-state index in [0.29, 0.717) is 0 Å². The molecule has 0 heterocycles. The van der Waals surface area contributed by atoms with Crippen LogP contribution in [0.1, 0.15) is 0 Å². The first-order chi connectivity index (χ1) is 2.56. The van der Waals surface area contributed by atoms with E-state index in [1.165, 1.54) is 0 Å². The fourth-order valence-electron chi connectivity index (χ4n) is 0. The van der Waals surface area contributed by atoms with Crippen molar-refractivity contribution in [2.75, 3.05) is 0 Å². The second-order valence-electron chi connectivity index (χ2n) is 0.979. The van der Waals surface area contributed by atoms with E-state index in [0.717, 1.165) is 0 Å². The van der Waals surface area contributed by atoms with E-state index >= 15 is 0 Å². The number of nitroso groups, excluding NO2 is 1. The second-order valence-corrected chi connectivity index (χ2v) is 5.75. The Hall–Kier alpha value is 2.53. The van der Waals surface area contributed by atoms with Gasteiger partial charge in [0.05, 0.1) is 0 Å². The van der Waals surface area contributed by atoms with Crippen molar-refractivity contribution in [2.24, 2.45) is 5.18 Å². The molecule has 0 spiro atoms. The quantitative estimate of drug-likeness (QED) is 0.326. The van der Waals surface area contributed by atoms with Crippen molar-refractivity contribution in [1.29, 1.82) is 0 Å². The van der Waals surface area contributed by atoms with Gasteiger partial charge in [0.2, 0.25) is 0 Å². The second kappa shape index (κ2) is 5.32. The molecule has 0 saturated heterocycles. The third-order valence-corrected chi connectivity index (χ3v) is 0.474. The van der Waals surface area contributed by atoms with E-state index in [9.17, 15) is 4.91 Å².